The largest absolute Gasteiger partial charge is 0.369 e. The second kappa shape index (κ2) is 5.61. The zero-order valence-electron chi connectivity index (χ0n) is 11.6. The molecule has 4 nitrogen and oxygen atoms in total. The van der Waals surface area contributed by atoms with Gasteiger partial charge in [-0.3, -0.25) is 9.78 Å². The highest BCUT2D eigenvalue weighted by Gasteiger charge is 2.28. The fourth-order valence-corrected chi connectivity index (χ4v) is 2.51. The van der Waals surface area contributed by atoms with E-state index in [1.54, 1.807) is 36.5 Å². The van der Waals surface area contributed by atoms with Crippen LogP contribution in [0.15, 0.2) is 42.7 Å². The molecule has 2 aromatic rings. The number of aromatic nitrogens is 1. The number of carbonyl (C=O) groups is 1. The molecule has 0 bridgehead atoms. The Balaban J connectivity index is 2.03. The molecule has 1 aliphatic rings. The zero-order valence-corrected chi connectivity index (χ0v) is 11.6. The Hall–Kier alpha value is -2.27. The second-order valence-corrected chi connectivity index (χ2v) is 5.01. The lowest BCUT2D eigenvalue weighted by Gasteiger charge is -2.33. The van der Waals surface area contributed by atoms with E-state index < -0.39 is 0 Å². The van der Waals surface area contributed by atoms with Crippen LogP contribution in [0.25, 0.3) is 11.1 Å². The molecule has 3 rings (SSSR count). The van der Waals surface area contributed by atoms with Crippen LogP contribution in [0.2, 0.25) is 0 Å². The first-order valence-electron chi connectivity index (χ1n) is 6.70. The van der Waals surface area contributed by atoms with E-state index in [1.807, 2.05) is 6.07 Å². The average Bonchev–Trinajstić information content (AvgIpc) is 2.51. The zero-order chi connectivity index (χ0) is 14.8. The number of halogens is 1. The highest BCUT2D eigenvalue weighted by molar-refractivity contribution is 5.79. The number of hydrogen-bond donors (Lipinski definition) is 0. The van der Waals surface area contributed by atoms with Crippen LogP contribution in [-0.2, 0) is 9.53 Å². The molecule has 1 fully saturated rings. The Kier molecular flexibility index (Phi) is 3.66. The Bertz CT molecular complexity index is 658. The summed E-state index contributed by atoms with van der Waals surface area (Å²) in [6, 6.07) is 7.98. The highest BCUT2D eigenvalue weighted by Crippen LogP contribution is 2.32. The smallest absolute Gasteiger partial charge is 0.248 e. The number of benzene rings is 1. The van der Waals surface area contributed by atoms with Crippen molar-refractivity contribution in [2.45, 2.75) is 6.04 Å². The summed E-state index contributed by atoms with van der Waals surface area (Å²) in [6.45, 7) is 0.543. The summed E-state index contributed by atoms with van der Waals surface area (Å²) in [4.78, 5) is 17.6. The van der Waals surface area contributed by atoms with Crippen LogP contribution in [0.5, 0.6) is 0 Å². The van der Waals surface area contributed by atoms with Gasteiger partial charge in [0.05, 0.1) is 12.6 Å². The normalized spacial score (nSPS) is 18.9. The maximum Gasteiger partial charge on any atom is 0.248 e. The van der Waals surface area contributed by atoms with Crippen LogP contribution >= 0.6 is 0 Å². The van der Waals surface area contributed by atoms with Crippen LogP contribution in [0.4, 0.5) is 4.39 Å². The third-order valence-electron chi connectivity index (χ3n) is 3.73. The van der Waals surface area contributed by atoms with Crippen molar-refractivity contribution < 1.29 is 13.9 Å². The van der Waals surface area contributed by atoms with E-state index in [1.165, 1.54) is 12.1 Å². The van der Waals surface area contributed by atoms with Crippen molar-refractivity contribution in [3.8, 4) is 11.1 Å². The van der Waals surface area contributed by atoms with Gasteiger partial charge in [0.25, 0.3) is 0 Å². The molecule has 0 saturated carbocycles. The molecule has 1 aromatic carbocycles. The summed E-state index contributed by atoms with van der Waals surface area (Å²) in [7, 11) is 1.76. The van der Waals surface area contributed by atoms with Gasteiger partial charge >= 0.3 is 0 Å². The van der Waals surface area contributed by atoms with Gasteiger partial charge in [-0.1, -0.05) is 12.1 Å². The molecule has 0 spiro atoms. The number of rotatable bonds is 2. The van der Waals surface area contributed by atoms with Crippen LogP contribution < -0.4 is 0 Å². The molecule has 1 aromatic heterocycles. The first-order chi connectivity index (χ1) is 10.2. The molecule has 21 heavy (non-hydrogen) atoms. The molecule has 0 radical (unpaired) electrons. The van der Waals surface area contributed by atoms with Crippen LogP contribution in [-0.4, -0.2) is 36.1 Å². The summed E-state index contributed by atoms with van der Waals surface area (Å²) in [5.41, 5.74) is 2.72. The van der Waals surface area contributed by atoms with E-state index >= 15 is 0 Å². The number of nitrogens with zero attached hydrogens (tertiary/aromatic N) is 2. The van der Waals surface area contributed by atoms with Crippen molar-refractivity contribution in [1.29, 1.82) is 0 Å². The monoisotopic (exact) mass is 286 g/mol. The number of pyridine rings is 1. The summed E-state index contributed by atoms with van der Waals surface area (Å²) >= 11 is 0. The maximum atomic E-state index is 13.1. The van der Waals surface area contributed by atoms with Crippen molar-refractivity contribution >= 4 is 5.91 Å². The fraction of sp³-hybridized carbons (Fsp3) is 0.250. The van der Waals surface area contributed by atoms with Crippen molar-refractivity contribution in [2.24, 2.45) is 0 Å². The van der Waals surface area contributed by atoms with Crippen molar-refractivity contribution in [2.75, 3.05) is 20.3 Å². The standard InChI is InChI=1S/C16H15FN2O2/c1-19-15(9-21-10-16(19)20)14-8-18-7-6-13(14)11-2-4-12(17)5-3-11/h2-8,15H,9-10H2,1H3. The highest BCUT2D eigenvalue weighted by atomic mass is 19.1. The molecule has 5 heteroatoms. The van der Waals surface area contributed by atoms with Crippen LogP contribution in [0, 0.1) is 5.82 Å². The molecule has 2 heterocycles. The minimum Gasteiger partial charge on any atom is -0.369 e. The van der Waals surface area contributed by atoms with Gasteiger partial charge in [0.2, 0.25) is 5.91 Å². The van der Waals surface area contributed by atoms with Gasteiger partial charge in [-0.15, -0.1) is 0 Å². The van der Waals surface area contributed by atoms with Gasteiger partial charge in [-0.05, 0) is 29.3 Å². The van der Waals surface area contributed by atoms with Gasteiger partial charge in [0.1, 0.15) is 12.4 Å². The van der Waals surface area contributed by atoms with Gasteiger partial charge in [-0.25, -0.2) is 4.39 Å². The average molecular weight is 286 g/mol. The summed E-state index contributed by atoms with van der Waals surface area (Å²) < 4.78 is 18.4. The topological polar surface area (TPSA) is 42.4 Å². The Morgan fingerprint density at radius 2 is 2.05 bits per heavy atom. The first-order valence-corrected chi connectivity index (χ1v) is 6.70. The molecule has 1 amide bonds. The lowest BCUT2D eigenvalue weighted by atomic mass is 9.96. The first kappa shape index (κ1) is 13.7. The summed E-state index contributed by atoms with van der Waals surface area (Å²) in [6.07, 6.45) is 3.43. The van der Waals surface area contributed by atoms with Crippen molar-refractivity contribution in [3.05, 3.63) is 54.1 Å². The predicted octanol–water partition coefficient (Wildman–Crippen LogP) is 2.42. The Morgan fingerprint density at radius 1 is 1.29 bits per heavy atom. The van der Waals surface area contributed by atoms with E-state index in [4.69, 9.17) is 4.74 Å². The van der Waals surface area contributed by atoms with Crippen molar-refractivity contribution in [3.63, 3.8) is 0 Å². The molecule has 1 aliphatic heterocycles. The Morgan fingerprint density at radius 3 is 2.81 bits per heavy atom. The molecule has 0 N–H and O–H groups in total. The third kappa shape index (κ3) is 2.64. The summed E-state index contributed by atoms with van der Waals surface area (Å²) in [5.74, 6) is -0.331. The number of hydrogen-bond acceptors (Lipinski definition) is 3. The SMILES string of the molecule is CN1C(=O)COCC1c1cnccc1-c1ccc(F)cc1. The van der Waals surface area contributed by atoms with E-state index in [0.29, 0.717) is 6.61 Å². The molecular weight excluding hydrogens is 271 g/mol. The molecule has 1 atom stereocenters. The number of amides is 1. The van der Waals surface area contributed by atoms with E-state index in [2.05, 4.69) is 4.98 Å². The van der Waals surface area contributed by atoms with Crippen molar-refractivity contribution in [1.82, 2.24) is 9.88 Å². The second-order valence-electron chi connectivity index (χ2n) is 5.01. The number of likely N-dealkylation sites (N-methyl/N-ethyl adjacent to an activating group) is 1. The minimum absolute atomic E-state index is 0.0554. The predicted molar refractivity (Wildman–Crippen MR) is 76.0 cm³/mol. The van der Waals surface area contributed by atoms with Crippen LogP contribution in [0.1, 0.15) is 11.6 Å². The van der Waals surface area contributed by atoms with Gasteiger partial charge in [0, 0.05) is 25.0 Å². The van der Waals surface area contributed by atoms with Crippen LogP contribution in [0.3, 0.4) is 0 Å². The number of carbonyl (C=O) groups excluding carboxylic acids is 1. The van der Waals surface area contributed by atoms with E-state index in [-0.39, 0.29) is 24.4 Å². The minimum atomic E-state index is -0.275. The molecular formula is C16H15FN2O2. The lowest BCUT2D eigenvalue weighted by molar-refractivity contribution is -0.146. The van der Waals surface area contributed by atoms with Gasteiger partial charge in [-0.2, -0.15) is 0 Å². The van der Waals surface area contributed by atoms with E-state index in [9.17, 15) is 9.18 Å². The number of ether oxygens (including phenoxy) is 1. The quantitative estimate of drug-likeness (QED) is 0.851. The Labute approximate surface area is 122 Å². The van der Waals surface area contributed by atoms with Gasteiger partial charge in [0.15, 0.2) is 0 Å². The lowest BCUT2D eigenvalue weighted by Crippen LogP contribution is -2.41. The third-order valence-corrected chi connectivity index (χ3v) is 3.73. The summed E-state index contributed by atoms with van der Waals surface area (Å²) in [5, 5.41) is 0. The molecule has 0 aliphatic carbocycles. The van der Waals surface area contributed by atoms with E-state index in [0.717, 1.165) is 16.7 Å². The number of morpholine rings is 1. The van der Waals surface area contributed by atoms with Gasteiger partial charge < -0.3 is 9.64 Å². The molecule has 1 saturated heterocycles. The molecule has 1 unspecified atom stereocenters. The molecule has 108 valence electrons. The maximum absolute atomic E-state index is 13.1. The fourth-order valence-electron chi connectivity index (χ4n) is 2.51.